The number of likely N-dealkylation sites (N-methyl/N-ethyl adjacent to an activating group) is 1. The standard InChI is InChI=1S/C17H18FNO5/c1-11-13(17(21)22-3)8-12(24-11)9-19(2)16(20)10-23-15-7-5-4-6-14(15)18/h4-8H,9-10H2,1-3H3. The summed E-state index contributed by atoms with van der Waals surface area (Å²) < 4.78 is 28.7. The first kappa shape index (κ1) is 17.5. The van der Waals surface area contributed by atoms with Crippen molar-refractivity contribution in [2.75, 3.05) is 20.8 Å². The van der Waals surface area contributed by atoms with Gasteiger partial charge in [-0.25, -0.2) is 9.18 Å². The third-order valence-corrected chi connectivity index (χ3v) is 3.38. The van der Waals surface area contributed by atoms with Crippen LogP contribution in [0.25, 0.3) is 0 Å². The van der Waals surface area contributed by atoms with E-state index < -0.39 is 11.8 Å². The van der Waals surface area contributed by atoms with E-state index in [9.17, 15) is 14.0 Å². The molecular weight excluding hydrogens is 317 g/mol. The van der Waals surface area contributed by atoms with Crippen molar-refractivity contribution in [1.82, 2.24) is 4.90 Å². The van der Waals surface area contributed by atoms with Crippen molar-refractivity contribution < 1.29 is 27.9 Å². The highest BCUT2D eigenvalue weighted by Gasteiger charge is 2.18. The van der Waals surface area contributed by atoms with Crippen LogP contribution in [0.1, 0.15) is 21.9 Å². The minimum absolute atomic E-state index is 0.0149. The fraction of sp³-hybridized carbons (Fsp3) is 0.294. The SMILES string of the molecule is COC(=O)c1cc(CN(C)C(=O)COc2ccccc2F)oc1C. The number of nitrogens with zero attached hydrogens (tertiary/aromatic N) is 1. The van der Waals surface area contributed by atoms with Crippen LogP contribution in [0.15, 0.2) is 34.7 Å². The summed E-state index contributed by atoms with van der Waals surface area (Å²) in [6, 6.07) is 7.38. The average molecular weight is 335 g/mol. The monoisotopic (exact) mass is 335 g/mol. The molecule has 128 valence electrons. The van der Waals surface area contributed by atoms with E-state index in [1.807, 2.05) is 0 Å². The van der Waals surface area contributed by atoms with E-state index in [4.69, 9.17) is 9.15 Å². The first-order valence-electron chi connectivity index (χ1n) is 7.21. The van der Waals surface area contributed by atoms with Crippen LogP contribution in [-0.4, -0.2) is 37.5 Å². The number of benzene rings is 1. The number of carbonyl (C=O) groups is 2. The first-order valence-corrected chi connectivity index (χ1v) is 7.21. The van der Waals surface area contributed by atoms with Gasteiger partial charge in [0.05, 0.1) is 13.7 Å². The summed E-state index contributed by atoms with van der Waals surface area (Å²) in [6.07, 6.45) is 0. The molecule has 1 aromatic carbocycles. The summed E-state index contributed by atoms with van der Waals surface area (Å²) in [5.41, 5.74) is 0.316. The largest absolute Gasteiger partial charge is 0.481 e. The van der Waals surface area contributed by atoms with E-state index in [1.165, 1.54) is 36.3 Å². The second-order valence-corrected chi connectivity index (χ2v) is 5.14. The molecule has 0 aliphatic carbocycles. The molecule has 0 aliphatic rings. The molecule has 0 saturated carbocycles. The molecule has 2 rings (SSSR count). The Bertz CT molecular complexity index is 740. The van der Waals surface area contributed by atoms with Crippen LogP contribution in [0.2, 0.25) is 0 Å². The summed E-state index contributed by atoms with van der Waals surface area (Å²) >= 11 is 0. The number of esters is 1. The highest BCUT2D eigenvalue weighted by molar-refractivity contribution is 5.90. The number of ether oxygens (including phenoxy) is 2. The van der Waals surface area contributed by atoms with Gasteiger partial charge >= 0.3 is 5.97 Å². The van der Waals surface area contributed by atoms with Gasteiger partial charge in [0.2, 0.25) is 0 Å². The minimum atomic E-state index is -0.530. The number of methoxy groups -OCH3 is 1. The lowest BCUT2D eigenvalue weighted by atomic mass is 10.2. The van der Waals surface area contributed by atoms with E-state index in [1.54, 1.807) is 20.0 Å². The molecule has 0 aliphatic heterocycles. The van der Waals surface area contributed by atoms with Crippen molar-refractivity contribution in [2.24, 2.45) is 0 Å². The van der Waals surface area contributed by atoms with Gasteiger partial charge in [0.25, 0.3) is 5.91 Å². The third-order valence-electron chi connectivity index (χ3n) is 3.38. The molecule has 0 N–H and O–H groups in total. The lowest BCUT2D eigenvalue weighted by Gasteiger charge is -2.16. The number of hydrogen-bond donors (Lipinski definition) is 0. The average Bonchev–Trinajstić information content (AvgIpc) is 2.93. The Kier molecular flexibility index (Phi) is 5.57. The van der Waals surface area contributed by atoms with Crippen molar-refractivity contribution >= 4 is 11.9 Å². The Hall–Kier alpha value is -2.83. The lowest BCUT2D eigenvalue weighted by molar-refractivity contribution is -0.132. The number of rotatable bonds is 6. The first-order chi connectivity index (χ1) is 11.4. The lowest BCUT2D eigenvalue weighted by Crippen LogP contribution is -2.30. The molecule has 0 fully saturated rings. The number of carbonyl (C=O) groups excluding carboxylic acids is 2. The van der Waals surface area contributed by atoms with Crippen molar-refractivity contribution in [3.8, 4) is 5.75 Å². The molecule has 1 heterocycles. The van der Waals surface area contributed by atoms with E-state index in [-0.39, 0.29) is 24.8 Å². The van der Waals surface area contributed by atoms with Crippen LogP contribution in [0.5, 0.6) is 5.75 Å². The molecule has 1 aromatic heterocycles. The number of furan rings is 1. The number of para-hydroxylation sites is 1. The summed E-state index contributed by atoms with van der Waals surface area (Å²) in [6.45, 7) is 1.48. The van der Waals surface area contributed by atoms with E-state index in [0.717, 1.165) is 0 Å². The fourth-order valence-corrected chi connectivity index (χ4v) is 2.07. The third kappa shape index (κ3) is 4.13. The van der Waals surface area contributed by atoms with Gasteiger partial charge in [-0.15, -0.1) is 0 Å². The molecule has 6 nitrogen and oxygen atoms in total. The van der Waals surface area contributed by atoms with Crippen LogP contribution in [-0.2, 0) is 16.1 Å². The minimum Gasteiger partial charge on any atom is -0.481 e. The van der Waals surface area contributed by atoms with Gasteiger partial charge in [-0.1, -0.05) is 12.1 Å². The van der Waals surface area contributed by atoms with Gasteiger partial charge in [-0.2, -0.15) is 0 Å². The zero-order chi connectivity index (χ0) is 17.7. The molecule has 2 aromatic rings. The Morgan fingerprint density at radius 2 is 2.00 bits per heavy atom. The van der Waals surface area contributed by atoms with Crippen LogP contribution in [0.4, 0.5) is 4.39 Å². The molecule has 0 saturated heterocycles. The maximum absolute atomic E-state index is 13.4. The quantitative estimate of drug-likeness (QED) is 0.759. The van der Waals surface area contributed by atoms with Gasteiger partial charge in [0, 0.05) is 7.05 Å². The highest BCUT2D eigenvalue weighted by atomic mass is 19.1. The molecule has 0 atom stereocenters. The normalized spacial score (nSPS) is 10.3. The summed E-state index contributed by atoms with van der Waals surface area (Å²) in [4.78, 5) is 25.0. The van der Waals surface area contributed by atoms with Gasteiger partial charge < -0.3 is 18.8 Å². The van der Waals surface area contributed by atoms with E-state index in [0.29, 0.717) is 17.1 Å². The molecule has 0 spiro atoms. The Labute approximate surface area is 138 Å². The van der Waals surface area contributed by atoms with E-state index >= 15 is 0 Å². The molecule has 1 amide bonds. The number of aryl methyl sites for hydroxylation is 1. The number of halogens is 1. The Morgan fingerprint density at radius 1 is 1.29 bits per heavy atom. The Morgan fingerprint density at radius 3 is 2.67 bits per heavy atom. The number of amides is 1. The molecule has 7 heteroatoms. The van der Waals surface area contributed by atoms with Crippen LogP contribution in [0, 0.1) is 12.7 Å². The van der Waals surface area contributed by atoms with Gasteiger partial charge in [0.1, 0.15) is 17.1 Å². The van der Waals surface area contributed by atoms with Crippen LogP contribution >= 0.6 is 0 Å². The molecule has 0 unspecified atom stereocenters. The number of hydrogen-bond acceptors (Lipinski definition) is 5. The zero-order valence-electron chi connectivity index (χ0n) is 13.7. The van der Waals surface area contributed by atoms with Crippen LogP contribution < -0.4 is 4.74 Å². The zero-order valence-corrected chi connectivity index (χ0v) is 13.7. The maximum atomic E-state index is 13.4. The molecule has 0 radical (unpaired) electrons. The Balaban J connectivity index is 1.94. The second-order valence-electron chi connectivity index (χ2n) is 5.14. The molecule has 24 heavy (non-hydrogen) atoms. The summed E-state index contributed by atoms with van der Waals surface area (Å²) in [5, 5.41) is 0. The predicted molar refractivity (Wildman–Crippen MR) is 83.2 cm³/mol. The predicted octanol–water partition coefficient (Wildman–Crippen LogP) is 2.55. The van der Waals surface area contributed by atoms with Crippen molar-refractivity contribution in [3.05, 3.63) is 53.2 Å². The van der Waals surface area contributed by atoms with Gasteiger partial charge in [0.15, 0.2) is 18.2 Å². The summed E-state index contributed by atoms with van der Waals surface area (Å²) in [7, 11) is 2.84. The van der Waals surface area contributed by atoms with Crippen molar-refractivity contribution in [2.45, 2.75) is 13.5 Å². The fourth-order valence-electron chi connectivity index (χ4n) is 2.07. The smallest absolute Gasteiger partial charge is 0.341 e. The van der Waals surface area contributed by atoms with Gasteiger partial charge in [-0.05, 0) is 25.1 Å². The maximum Gasteiger partial charge on any atom is 0.341 e. The highest BCUT2D eigenvalue weighted by Crippen LogP contribution is 2.18. The second kappa shape index (κ2) is 7.63. The topological polar surface area (TPSA) is 69.0 Å². The van der Waals surface area contributed by atoms with Crippen molar-refractivity contribution in [1.29, 1.82) is 0 Å². The summed E-state index contributed by atoms with van der Waals surface area (Å²) in [5.74, 6) is -0.514. The van der Waals surface area contributed by atoms with Crippen molar-refractivity contribution in [3.63, 3.8) is 0 Å². The molecule has 0 bridgehead atoms. The molecular formula is C17H18FNO5. The van der Waals surface area contributed by atoms with Gasteiger partial charge in [-0.3, -0.25) is 4.79 Å². The van der Waals surface area contributed by atoms with Crippen LogP contribution in [0.3, 0.4) is 0 Å². The van der Waals surface area contributed by atoms with E-state index in [2.05, 4.69) is 4.74 Å².